The number of hydrogen-bond donors (Lipinski definition) is 0. The van der Waals surface area contributed by atoms with Crippen LogP contribution in [0.5, 0.6) is 11.5 Å². The quantitative estimate of drug-likeness (QED) is 0.533. The highest BCUT2D eigenvalue weighted by Crippen LogP contribution is 2.31. The fraction of sp³-hybridized carbons (Fsp3) is 0.273. The van der Waals surface area contributed by atoms with Crippen molar-refractivity contribution >= 4 is 22.9 Å². The number of benzene rings is 2. The lowest BCUT2D eigenvalue weighted by molar-refractivity contribution is -0.118. The highest BCUT2D eigenvalue weighted by atomic mass is 32.1. The number of aromatic nitrogens is 1. The zero-order valence-electron chi connectivity index (χ0n) is 16.6. The molecule has 152 valence electrons. The van der Waals surface area contributed by atoms with Crippen molar-refractivity contribution in [3.8, 4) is 11.5 Å². The van der Waals surface area contributed by atoms with Gasteiger partial charge in [-0.1, -0.05) is 12.1 Å². The maximum atomic E-state index is 13.4. The third-order valence-corrected chi connectivity index (χ3v) is 5.34. The van der Waals surface area contributed by atoms with Crippen LogP contribution in [0.2, 0.25) is 0 Å². The number of anilines is 1. The van der Waals surface area contributed by atoms with E-state index in [2.05, 4.69) is 4.98 Å². The molecule has 0 atom stereocenters. The number of nitrogens with zero attached hydrogens (tertiary/aromatic N) is 2. The van der Waals surface area contributed by atoms with Gasteiger partial charge in [-0.05, 0) is 49.2 Å². The summed E-state index contributed by atoms with van der Waals surface area (Å²) in [5.41, 5.74) is 2.34. The number of halogens is 1. The Morgan fingerprint density at radius 1 is 1.14 bits per heavy atom. The average Bonchev–Trinajstić information content (AvgIpc) is 3.15. The Bertz CT molecular complexity index is 972. The molecular formula is C22H23FN2O3S. The van der Waals surface area contributed by atoms with Gasteiger partial charge in [0, 0.05) is 17.5 Å². The Labute approximate surface area is 173 Å². The fourth-order valence-corrected chi connectivity index (χ4v) is 3.72. The molecule has 0 aliphatic heterocycles. The maximum Gasteiger partial charge on any atom is 0.227 e. The third kappa shape index (κ3) is 5.12. The Morgan fingerprint density at radius 3 is 2.52 bits per heavy atom. The molecule has 7 heteroatoms. The van der Waals surface area contributed by atoms with Gasteiger partial charge >= 0.3 is 0 Å². The molecule has 29 heavy (non-hydrogen) atoms. The molecule has 3 aromatic rings. The van der Waals surface area contributed by atoms with Crippen molar-refractivity contribution in [3.05, 3.63) is 69.9 Å². The van der Waals surface area contributed by atoms with Gasteiger partial charge in [0.05, 0.1) is 31.5 Å². The SMILES string of the molecule is COc1cccc(CCC(=O)N(Cc2csc(C)n2)c2ccc(F)cc2)c1OC. The minimum Gasteiger partial charge on any atom is -0.493 e. The maximum absolute atomic E-state index is 13.4. The predicted octanol–water partition coefficient (Wildman–Crippen LogP) is 4.77. The lowest BCUT2D eigenvalue weighted by atomic mass is 10.1. The molecule has 0 aliphatic rings. The lowest BCUT2D eigenvalue weighted by Crippen LogP contribution is -2.30. The summed E-state index contributed by atoms with van der Waals surface area (Å²) in [7, 11) is 3.16. The molecule has 0 radical (unpaired) electrons. The summed E-state index contributed by atoms with van der Waals surface area (Å²) in [5.74, 6) is 0.843. The molecule has 3 rings (SSSR count). The van der Waals surface area contributed by atoms with Gasteiger partial charge in [-0.2, -0.15) is 0 Å². The summed E-state index contributed by atoms with van der Waals surface area (Å²) < 4.78 is 24.2. The minimum absolute atomic E-state index is 0.0767. The standard InChI is InChI=1S/C22H23FN2O3S/c1-15-24-18(14-29-15)13-25(19-10-8-17(23)9-11-19)21(26)12-7-16-5-4-6-20(27-2)22(16)28-3/h4-6,8-11,14H,7,12-13H2,1-3H3. The molecule has 0 saturated heterocycles. The largest absolute Gasteiger partial charge is 0.493 e. The highest BCUT2D eigenvalue weighted by molar-refractivity contribution is 7.09. The van der Waals surface area contributed by atoms with Crippen molar-refractivity contribution in [2.75, 3.05) is 19.1 Å². The fourth-order valence-electron chi connectivity index (χ4n) is 3.11. The third-order valence-electron chi connectivity index (χ3n) is 4.52. The number of methoxy groups -OCH3 is 2. The average molecular weight is 415 g/mol. The van der Waals surface area contributed by atoms with Crippen LogP contribution in [0.4, 0.5) is 10.1 Å². The van der Waals surface area contributed by atoms with E-state index >= 15 is 0 Å². The minimum atomic E-state index is -0.341. The first-order valence-corrected chi connectivity index (χ1v) is 10.1. The van der Waals surface area contributed by atoms with Crippen molar-refractivity contribution in [1.82, 2.24) is 4.98 Å². The summed E-state index contributed by atoms with van der Waals surface area (Å²) >= 11 is 1.54. The van der Waals surface area contributed by atoms with Crippen molar-refractivity contribution in [2.45, 2.75) is 26.3 Å². The second-order valence-corrected chi connectivity index (χ2v) is 7.53. The highest BCUT2D eigenvalue weighted by Gasteiger charge is 2.19. The molecule has 5 nitrogen and oxygen atoms in total. The molecule has 0 N–H and O–H groups in total. The Morgan fingerprint density at radius 2 is 1.90 bits per heavy atom. The van der Waals surface area contributed by atoms with E-state index in [-0.39, 0.29) is 18.1 Å². The van der Waals surface area contributed by atoms with Crippen molar-refractivity contribution in [2.24, 2.45) is 0 Å². The van der Waals surface area contributed by atoms with E-state index in [9.17, 15) is 9.18 Å². The number of carbonyl (C=O) groups is 1. The molecule has 0 fully saturated rings. The number of carbonyl (C=O) groups excluding carboxylic acids is 1. The second-order valence-electron chi connectivity index (χ2n) is 6.47. The molecule has 1 amide bonds. The van der Waals surface area contributed by atoms with Crippen molar-refractivity contribution in [1.29, 1.82) is 0 Å². The van der Waals surface area contributed by atoms with Gasteiger partial charge in [0.1, 0.15) is 5.82 Å². The van der Waals surface area contributed by atoms with Gasteiger partial charge in [-0.3, -0.25) is 4.79 Å². The van der Waals surface area contributed by atoms with Crippen LogP contribution in [0.3, 0.4) is 0 Å². The van der Waals surface area contributed by atoms with Crippen molar-refractivity contribution in [3.63, 3.8) is 0 Å². The van der Waals surface area contributed by atoms with Gasteiger partial charge in [0.25, 0.3) is 0 Å². The molecule has 0 saturated carbocycles. The summed E-state index contributed by atoms with van der Waals surface area (Å²) in [6.07, 6.45) is 0.761. The van der Waals surface area contributed by atoms with Gasteiger partial charge < -0.3 is 14.4 Å². The van der Waals surface area contributed by atoms with E-state index in [1.165, 1.54) is 23.5 Å². The molecule has 1 aromatic heterocycles. The summed E-state index contributed by atoms with van der Waals surface area (Å²) in [5, 5.41) is 2.87. The van der Waals surface area contributed by atoms with Crippen LogP contribution in [0.1, 0.15) is 22.7 Å². The van der Waals surface area contributed by atoms with E-state index in [4.69, 9.17) is 9.47 Å². The number of ether oxygens (including phenoxy) is 2. The number of hydrogen-bond acceptors (Lipinski definition) is 5. The molecule has 2 aromatic carbocycles. The van der Waals surface area contributed by atoms with Crippen LogP contribution in [0, 0.1) is 12.7 Å². The van der Waals surface area contributed by atoms with E-state index < -0.39 is 0 Å². The summed E-state index contributed by atoms with van der Waals surface area (Å²) in [6, 6.07) is 11.5. The first-order valence-electron chi connectivity index (χ1n) is 9.18. The Balaban J connectivity index is 1.80. The van der Waals surface area contributed by atoms with E-state index in [0.717, 1.165) is 16.3 Å². The molecule has 0 unspecified atom stereocenters. The Kier molecular flexibility index (Phi) is 6.82. The molecule has 0 aliphatic carbocycles. The van der Waals surface area contributed by atoms with Gasteiger partial charge in [0.15, 0.2) is 11.5 Å². The van der Waals surface area contributed by atoms with Gasteiger partial charge in [0.2, 0.25) is 5.91 Å². The summed E-state index contributed by atoms with van der Waals surface area (Å²) in [6.45, 7) is 2.26. The predicted molar refractivity (Wildman–Crippen MR) is 112 cm³/mol. The van der Waals surface area contributed by atoms with Crippen LogP contribution >= 0.6 is 11.3 Å². The first-order chi connectivity index (χ1) is 14.0. The summed E-state index contributed by atoms with van der Waals surface area (Å²) in [4.78, 5) is 19.2. The zero-order valence-corrected chi connectivity index (χ0v) is 17.5. The first kappa shape index (κ1) is 20.8. The van der Waals surface area contributed by atoms with Crippen LogP contribution < -0.4 is 14.4 Å². The molecule has 1 heterocycles. The topological polar surface area (TPSA) is 51.7 Å². The monoisotopic (exact) mass is 414 g/mol. The van der Waals surface area contributed by atoms with Crippen LogP contribution in [0.15, 0.2) is 47.8 Å². The number of amides is 1. The van der Waals surface area contributed by atoms with E-state index in [1.807, 2.05) is 30.5 Å². The molecule has 0 bridgehead atoms. The number of para-hydroxylation sites is 1. The molecular weight excluding hydrogens is 391 g/mol. The normalized spacial score (nSPS) is 10.6. The van der Waals surface area contributed by atoms with E-state index in [1.54, 1.807) is 31.3 Å². The lowest BCUT2D eigenvalue weighted by Gasteiger charge is -2.22. The van der Waals surface area contributed by atoms with Crippen molar-refractivity contribution < 1.29 is 18.7 Å². The van der Waals surface area contributed by atoms with Crippen LogP contribution in [-0.2, 0) is 17.8 Å². The van der Waals surface area contributed by atoms with Crippen LogP contribution in [-0.4, -0.2) is 25.1 Å². The van der Waals surface area contributed by atoms with Crippen LogP contribution in [0.25, 0.3) is 0 Å². The number of aryl methyl sites for hydroxylation is 2. The zero-order chi connectivity index (χ0) is 20.8. The van der Waals surface area contributed by atoms with Gasteiger partial charge in [-0.15, -0.1) is 11.3 Å². The smallest absolute Gasteiger partial charge is 0.227 e. The Hall–Kier alpha value is -2.93. The number of rotatable bonds is 8. The number of thiazole rings is 1. The molecule has 0 spiro atoms. The van der Waals surface area contributed by atoms with E-state index in [0.29, 0.717) is 30.2 Å². The second kappa shape index (κ2) is 9.52. The van der Waals surface area contributed by atoms with Gasteiger partial charge in [-0.25, -0.2) is 9.37 Å².